The lowest BCUT2D eigenvalue weighted by atomic mass is 10.2. The van der Waals surface area contributed by atoms with E-state index in [1.54, 1.807) is 7.11 Å². The highest BCUT2D eigenvalue weighted by Gasteiger charge is 2.16. The first-order chi connectivity index (χ1) is 9.83. The zero-order valence-corrected chi connectivity index (χ0v) is 12.1. The quantitative estimate of drug-likeness (QED) is 0.750. The Labute approximate surface area is 120 Å². The first-order valence-electron chi connectivity index (χ1n) is 7.13. The molecule has 5 nitrogen and oxygen atoms in total. The summed E-state index contributed by atoms with van der Waals surface area (Å²) in [5.41, 5.74) is 1.23. The third-order valence-electron chi connectivity index (χ3n) is 3.55. The molecule has 1 aliphatic rings. The van der Waals surface area contributed by atoms with E-state index in [0.29, 0.717) is 13.2 Å². The summed E-state index contributed by atoms with van der Waals surface area (Å²) >= 11 is 0. The minimum Gasteiger partial charge on any atom is -0.491 e. The molecule has 2 rings (SSSR count). The Hall–Kier alpha value is -1.30. The molecule has 20 heavy (non-hydrogen) atoms. The molecule has 1 aromatic carbocycles. The van der Waals surface area contributed by atoms with Crippen molar-refractivity contribution in [1.82, 2.24) is 4.90 Å². The molecule has 0 bridgehead atoms. The lowest BCUT2D eigenvalue weighted by molar-refractivity contribution is 0.146. The van der Waals surface area contributed by atoms with Gasteiger partial charge < -0.3 is 19.5 Å². The number of aliphatic hydroxyl groups excluding tert-OH is 1. The molecule has 0 atom stereocenters. The zero-order valence-electron chi connectivity index (χ0n) is 12.1. The Balaban J connectivity index is 1.81. The highest BCUT2D eigenvalue weighted by molar-refractivity contribution is 5.49. The van der Waals surface area contributed by atoms with Gasteiger partial charge >= 0.3 is 0 Å². The predicted molar refractivity (Wildman–Crippen MR) is 79.6 cm³/mol. The molecule has 0 aromatic heterocycles. The summed E-state index contributed by atoms with van der Waals surface area (Å²) in [6, 6.07) is 8.21. The second kappa shape index (κ2) is 8.09. The highest BCUT2D eigenvalue weighted by Crippen LogP contribution is 2.20. The fourth-order valence-electron chi connectivity index (χ4n) is 2.37. The van der Waals surface area contributed by atoms with Crippen LogP contribution in [-0.2, 0) is 4.74 Å². The molecule has 0 saturated carbocycles. The van der Waals surface area contributed by atoms with Crippen molar-refractivity contribution in [2.75, 3.05) is 64.6 Å². The third-order valence-corrected chi connectivity index (χ3v) is 3.55. The number of hydrogen-bond donors (Lipinski definition) is 1. The van der Waals surface area contributed by atoms with Crippen molar-refractivity contribution in [2.45, 2.75) is 0 Å². The molecule has 1 N–H and O–H groups in total. The summed E-state index contributed by atoms with van der Waals surface area (Å²) in [7, 11) is 1.67. The van der Waals surface area contributed by atoms with Crippen LogP contribution in [-0.4, -0.2) is 69.7 Å². The number of hydrogen-bond acceptors (Lipinski definition) is 5. The molecule has 112 valence electrons. The minimum atomic E-state index is 0.244. The Morgan fingerprint density at radius 1 is 1.05 bits per heavy atom. The van der Waals surface area contributed by atoms with E-state index in [2.05, 4.69) is 21.9 Å². The van der Waals surface area contributed by atoms with Crippen LogP contribution in [0.3, 0.4) is 0 Å². The molecule has 1 fully saturated rings. The molecular formula is C15H24N2O3. The Morgan fingerprint density at radius 2 is 1.75 bits per heavy atom. The molecule has 0 spiro atoms. The van der Waals surface area contributed by atoms with Gasteiger partial charge in [0.15, 0.2) is 0 Å². The molecule has 0 aliphatic carbocycles. The van der Waals surface area contributed by atoms with Gasteiger partial charge in [0.25, 0.3) is 0 Å². The minimum absolute atomic E-state index is 0.244. The number of anilines is 1. The molecular weight excluding hydrogens is 256 g/mol. The van der Waals surface area contributed by atoms with Crippen LogP contribution >= 0.6 is 0 Å². The smallest absolute Gasteiger partial charge is 0.119 e. The Kier molecular flexibility index (Phi) is 6.11. The monoisotopic (exact) mass is 280 g/mol. The normalized spacial score (nSPS) is 16.4. The first-order valence-corrected chi connectivity index (χ1v) is 7.13. The van der Waals surface area contributed by atoms with E-state index in [-0.39, 0.29) is 6.61 Å². The lowest BCUT2D eigenvalue weighted by Gasteiger charge is -2.35. The maximum absolute atomic E-state index is 8.94. The average molecular weight is 280 g/mol. The summed E-state index contributed by atoms with van der Waals surface area (Å²) in [5, 5.41) is 8.94. The summed E-state index contributed by atoms with van der Waals surface area (Å²) in [4.78, 5) is 4.66. The second-order valence-electron chi connectivity index (χ2n) is 4.89. The van der Waals surface area contributed by atoms with E-state index in [1.807, 2.05) is 12.1 Å². The second-order valence-corrected chi connectivity index (χ2v) is 4.89. The summed E-state index contributed by atoms with van der Waals surface area (Å²) in [6.07, 6.45) is 0. The van der Waals surface area contributed by atoms with E-state index in [4.69, 9.17) is 14.6 Å². The number of methoxy groups -OCH3 is 1. The van der Waals surface area contributed by atoms with Gasteiger partial charge in [0.2, 0.25) is 0 Å². The van der Waals surface area contributed by atoms with Gasteiger partial charge in [-0.25, -0.2) is 0 Å². The number of ether oxygens (including phenoxy) is 2. The van der Waals surface area contributed by atoms with E-state index in [9.17, 15) is 0 Å². The van der Waals surface area contributed by atoms with Gasteiger partial charge in [-0.2, -0.15) is 0 Å². The number of nitrogens with zero attached hydrogens (tertiary/aromatic N) is 2. The van der Waals surface area contributed by atoms with E-state index in [0.717, 1.165) is 38.5 Å². The van der Waals surface area contributed by atoms with E-state index >= 15 is 0 Å². The fourth-order valence-corrected chi connectivity index (χ4v) is 2.37. The number of benzene rings is 1. The SMILES string of the molecule is COCCOc1ccc(N2CCN(CCO)CC2)cc1. The summed E-state index contributed by atoms with van der Waals surface area (Å²) in [5.74, 6) is 0.879. The molecule has 1 aromatic rings. The van der Waals surface area contributed by atoms with Crippen molar-refractivity contribution in [3.63, 3.8) is 0 Å². The van der Waals surface area contributed by atoms with Gasteiger partial charge in [0.05, 0.1) is 13.2 Å². The highest BCUT2D eigenvalue weighted by atomic mass is 16.5. The van der Waals surface area contributed by atoms with Crippen molar-refractivity contribution < 1.29 is 14.6 Å². The molecule has 0 unspecified atom stereocenters. The van der Waals surface area contributed by atoms with Gasteiger partial charge in [-0.1, -0.05) is 0 Å². The number of piperazine rings is 1. The molecule has 0 amide bonds. The van der Waals surface area contributed by atoms with Gasteiger partial charge in [-0.15, -0.1) is 0 Å². The number of β-amino-alcohol motifs (C(OH)–C–C–N with tert-alkyl or cyclic N) is 1. The van der Waals surface area contributed by atoms with Crippen molar-refractivity contribution in [2.24, 2.45) is 0 Å². The molecule has 5 heteroatoms. The molecule has 0 radical (unpaired) electrons. The number of aliphatic hydroxyl groups is 1. The average Bonchev–Trinajstić information content (AvgIpc) is 2.49. The summed E-state index contributed by atoms with van der Waals surface area (Å²) in [6.45, 7) is 6.23. The molecule has 1 saturated heterocycles. The summed E-state index contributed by atoms with van der Waals surface area (Å²) < 4.78 is 10.5. The predicted octanol–water partition coefficient (Wildman–Crippen LogP) is 0.826. The standard InChI is InChI=1S/C15H24N2O3/c1-19-12-13-20-15-4-2-14(3-5-15)17-8-6-16(7-9-17)10-11-18/h2-5,18H,6-13H2,1H3. The van der Waals surface area contributed by atoms with Crippen LogP contribution in [0.5, 0.6) is 5.75 Å². The van der Waals surface area contributed by atoms with Crippen LogP contribution in [0.15, 0.2) is 24.3 Å². The molecule has 1 aliphatic heterocycles. The van der Waals surface area contributed by atoms with Crippen LogP contribution in [0, 0.1) is 0 Å². The van der Waals surface area contributed by atoms with Gasteiger partial charge in [0, 0.05) is 45.5 Å². The maximum atomic E-state index is 8.94. The van der Waals surface area contributed by atoms with Crippen LogP contribution in [0.2, 0.25) is 0 Å². The van der Waals surface area contributed by atoms with Crippen molar-refractivity contribution >= 4 is 5.69 Å². The van der Waals surface area contributed by atoms with Gasteiger partial charge in [-0.3, -0.25) is 4.90 Å². The van der Waals surface area contributed by atoms with Crippen LogP contribution < -0.4 is 9.64 Å². The Bertz CT molecular complexity index is 375. The van der Waals surface area contributed by atoms with E-state index in [1.165, 1.54) is 5.69 Å². The van der Waals surface area contributed by atoms with Crippen LogP contribution in [0.25, 0.3) is 0 Å². The largest absolute Gasteiger partial charge is 0.491 e. The number of rotatable bonds is 7. The van der Waals surface area contributed by atoms with E-state index < -0.39 is 0 Å². The van der Waals surface area contributed by atoms with Crippen LogP contribution in [0.1, 0.15) is 0 Å². The van der Waals surface area contributed by atoms with Crippen LogP contribution in [0.4, 0.5) is 5.69 Å². The van der Waals surface area contributed by atoms with Crippen molar-refractivity contribution in [3.8, 4) is 5.75 Å². The maximum Gasteiger partial charge on any atom is 0.119 e. The fraction of sp³-hybridized carbons (Fsp3) is 0.600. The van der Waals surface area contributed by atoms with Crippen molar-refractivity contribution in [3.05, 3.63) is 24.3 Å². The lowest BCUT2D eigenvalue weighted by Crippen LogP contribution is -2.47. The van der Waals surface area contributed by atoms with Crippen molar-refractivity contribution in [1.29, 1.82) is 0 Å². The molecule has 1 heterocycles. The third kappa shape index (κ3) is 4.37. The zero-order chi connectivity index (χ0) is 14.2. The first kappa shape index (κ1) is 15.1. The Morgan fingerprint density at radius 3 is 2.35 bits per heavy atom. The van der Waals surface area contributed by atoms with Gasteiger partial charge in [0.1, 0.15) is 12.4 Å². The topological polar surface area (TPSA) is 45.2 Å². The van der Waals surface area contributed by atoms with Gasteiger partial charge in [-0.05, 0) is 24.3 Å².